The van der Waals surface area contributed by atoms with E-state index in [1.807, 2.05) is 0 Å². The minimum absolute atomic E-state index is 0.0547. The number of carboxylic acids is 1. The molecule has 17 heavy (non-hydrogen) atoms. The van der Waals surface area contributed by atoms with Gasteiger partial charge in [-0.1, -0.05) is 6.92 Å². The SMILES string of the molecule is CCC(C)(NS(=O)(=O)c1cccnc1)C(=O)O. The number of aromatic nitrogens is 1. The van der Waals surface area contributed by atoms with E-state index in [2.05, 4.69) is 9.71 Å². The summed E-state index contributed by atoms with van der Waals surface area (Å²) >= 11 is 0. The van der Waals surface area contributed by atoms with Gasteiger partial charge in [-0.15, -0.1) is 0 Å². The van der Waals surface area contributed by atoms with Gasteiger partial charge in [-0.05, 0) is 25.5 Å². The molecule has 0 fully saturated rings. The molecule has 0 aromatic carbocycles. The van der Waals surface area contributed by atoms with Gasteiger partial charge in [-0.25, -0.2) is 8.42 Å². The molecular weight excluding hydrogens is 244 g/mol. The zero-order valence-electron chi connectivity index (χ0n) is 9.54. The minimum Gasteiger partial charge on any atom is -0.480 e. The summed E-state index contributed by atoms with van der Waals surface area (Å²) in [5.74, 6) is -1.22. The number of rotatable bonds is 5. The molecule has 7 heteroatoms. The Morgan fingerprint density at radius 3 is 2.65 bits per heavy atom. The molecule has 0 spiro atoms. The normalized spacial score (nSPS) is 15.2. The molecule has 0 aliphatic carbocycles. The zero-order chi connectivity index (χ0) is 13.1. The van der Waals surface area contributed by atoms with Gasteiger partial charge in [-0.3, -0.25) is 9.78 Å². The van der Waals surface area contributed by atoms with Gasteiger partial charge in [0, 0.05) is 12.4 Å². The number of aliphatic carboxylic acids is 1. The lowest BCUT2D eigenvalue weighted by Gasteiger charge is -2.24. The molecule has 6 nitrogen and oxygen atoms in total. The average Bonchev–Trinajstić information content (AvgIpc) is 2.29. The Kier molecular flexibility index (Phi) is 3.84. The Bertz CT molecular complexity index is 500. The lowest BCUT2D eigenvalue weighted by atomic mass is 10.0. The van der Waals surface area contributed by atoms with Gasteiger partial charge in [0.25, 0.3) is 0 Å². The highest BCUT2D eigenvalue weighted by molar-refractivity contribution is 7.89. The minimum atomic E-state index is -3.87. The van der Waals surface area contributed by atoms with Crippen LogP contribution in [0.2, 0.25) is 0 Å². The second-order valence-corrected chi connectivity index (χ2v) is 5.47. The first-order valence-corrected chi connectivity index (χ1v) is 6.47. The van der Waals surface area contributed by atoms with Crippen molar-refractivity contribution < 1.29 is 18.3 Å². The molecule has 0 saturated heterocycles. The van der Waals surface area contributed by atoms with E-state index in [0.29, 0.717) is 0 Å². The number of sulfonamides is 1. The van der Waals surface area contributed by atoms with Crippen LogP contribution in [0.4, 0.5) is 0 Å². The fourth-order valence-corrected chi connectivity index (χ4v) is 2.53. The third-order valence-electron chi connectivity index (χ3n) is 2.48. The molecule has 0 radical (unpaired) electrons. The standard InChI is InChI=1S/C10H14N2O4S/c1-3-10(2,9(13)14)12-17(15,16)8-5-4-6-11-7-8/h4-7,12H,3H2,1-2H3,(H,13,14). The van der Waals surface area contributed by atoms with Crippen LogP contribution < -0.4 is 4.72 Å². The molecule has 1 rings (SSSR count). The number of nitrogens with one attached hydrogen (secondary N) is 1. The van der Waals surface area contributed by atoms with Crippen LogP contribution in [0, 0.1) is 0 Å². The predicted molar refractivity (Wildman–Crippen MR) is 60.9 cm³/mol. The number of pyridine rings is 1. The van der Waals surface area contributed by atoms with Crippen LogP contribution in [-0.4, -0.2) is 30.0 Å². The topological polar surface area (TPSA) is 96.4 Å². The largest absolute Gasteiger partial charge is 0.480 e. The van der Waals surface area contributed by atoms with Crippen LogP contribution in [0.15, 0.2) is 29.4 Å². The molecule has 0 aliphatic rings. The van der Waals surface area contributed by atoms with E-state index in [1.54, 1.807) is 6.92 Å². The Hall–Kier alpha value is -1.47. The maximum atomic E-state index is 11.9. The van der Waals surface area contributed by atoms with Gasteiger partial charge in [-0.2, -0.15) is 4.72 Å². The third kappa shape index (κ3) is 3.01. The lowest BCUT2D eigenvalue weighted by Crippen LogP contribution is -2.51. The summed E-state index contributed by atoms with van der Waals surface area (Å²) in [6.45, 7) is 2.92. The zero-order valence-corrected chi connectivity index (χ0v) is 10.4. The Morgan fingerprint density at radius 1 is 1.59 bits per heavy atom. The molecule has 2 N–H and O–H groups in total. The first kappa shape index (κ1) is 13.6. The van der Waals surface area contributed by atoms with E-state index in [4.69, 9.17) is 5.11 Å². The van der Waals surface area contributed by atoms with Crippen molar-refractivity contribution in [3.8, 4) is 0 Å². The predicted octanol–water partition coefficient (Wildman–Crippen LogP) is 0.613. The van der Waals surface area contributed by atoms with Crippen molar-refractivity contribution in [3.05, 3.63) is 24.5 Å². The highest BCUT2D eigenvalue weighted by atomic mass is 32.2. The van der Waals surface area contributed by atoms with E-state index in [-0.39, 0.29) is 11.3 Å². The van der Waals surface area contributed by atoms with E-state index in [1.165, 1.54) is 31.5 Å². The molecule has 0 aliphatic heterocycles. The van der Waals surface area contributed by atoms with Crippen LogP contribution >= 0.6 is 0 Å². The molecule has 94 valence electrons. The molecule has 1 heterocycles. The lowest BCUT2D eigenvalue weighted by molar-refractivity contribution is -0.143. The van der Waals surface area contributed by atoms with Crippen LogP contribution in [0.1, 0.15) is 20.3 Å². The number of hydrogen-bond donors (Lipinski definition) is 2. The number of hydrogen-bond acceptors (Lipinski definition) is 4. The Balaban J connectivity index is 3.07. The third-order valence-corrected chi connectivity index (χ3v) is 4.06. The smallest absolute Gasteiger partial charge is 0.324 e. The fourth-order valence-electron chi connectivity index (χ4n) is 1.13. The summed E-state index contributed by atoms with van der Waals surface area (Å²) in [6, 6.07) is 2.83. The van der Waals surface area contributed by atoms with Crippen molar-refractivity contribution >= 4 is 16.0 Å². The number of nitrogens with zero attached hydrogens (tertiary/aromatic N) is 1. The molecule has 0 saturated carbocycles. The van der Waals surface area contributed by atoms with E-state index in [9.17, 15) is 13.2 Å². The summed E-state index contributed by atoms with van der Waals surface area (Å²) in [5, 5.41) is 9.00. The summed E-state index contributed by atoms with van der Waals surface area (Å²) in [7, 11) is -3.87. The van der Waals surface area contributed by atoms with Crippen LogP contribution in [0.25, 0.3) is 0 Å². The Morgan fingerprint density at radius 2 is 2.24 bits per heavy atom. The maximum Gasteiger partial charge on any atom is 0.324 e. The van der Waals surface area contributed by atoms with Crippen molar-refractivity contribution in [2.75, 3.05) is 0 Å². The fraction of sp³-hybridized carbons (Fsp3) is 0.400. The van der Waals surface area contributed by atoms with Gasteiger partial charge in [0.15, 0.2) is 0 Å². The molecule has 0 bridgehead atoms. The summed E-state index contributed by atoms with van der Waals surface area (Å²) in [4.78, 5) is 14.6. The van der Waals surface area contributed by atoms with E-state index >= 15 is 0 Å². The van der Waals surface area contributed by atoms with Crippen molar-refractivity contribution in [1.29, 1.82) is 0 Å². The van der Waals surface area contributed by atoms with Crippen LogP contribution in [0.3, 0.4) is 0 Å². The van der Waals surface area contributed by atoms with Gasteiger partial charge in [0.05, 0.1) is 0 Å². The molecule has 1 unspecified atom stereocenters. The highest BCUT2D eigenvalue weighted by Gasteiger charge is 2.36. The second kappa shape index (κ2) is 4.80. The van der Waals surface area contributed by atoms with E-state index in [0.717, 1.165) is 0 Å². The molecule has 1 atom stereocenters. The van der Waals surface area contributed by atoms with Crippen LogP contribution in [0.5, 0.6) is 0 Å². The van der Waals surface area contributed by atoms with Gasteiger partial charge in [0.2, 0.25) is 10.0 Å². The van der Waals surface area contributed by atoms with Gasteiger partial charge in [0.1, 0.15) is 10.4 Å². The number of carbonyl (C=O) groups is 1. The van der Waals surface area contributed by atoms with Crippen molar-refractivity contribution in [2.45, 2.75) is 30.7 Å². The van der Waals surface area contributed by atoms with Crippen molar-refractivity contribution in [1.82, 2.24) is 9.71 Å². The summed E-state index contributed by atoms with van der Waals surface area (Å²) < 4.78 is 26.0. The van der Waals surface area contributed by atoms with Gasteiger partial charge < -0.3 is 5.11 Å². The van der Waals surface area contributed by atoms with Crippen molar-refractivity contribution in [2.24, 2.45) is 0 Å². The highest BCUT2D eigenvalue weighted by Crippen LogP contribution is 2.15. The monoisotopic (exact) mass is 258 g/mol. The maximum absolute atomic E-state index is 11.9. The van der Waals surface area contributed by atoms with E-state index < -0.39 is 21.5 Å². The molecule has 1 aromatic rings. The van der Waals surface area contributed by atoms with Crippen LogP contribution in [-0.2, 0) is 14.8 Å². The van der Waals surface area contributed by atoms with Gasteiger partial charge >= 0.3 is 5.97 Å². The summed E-state index contributed by atoms with van der Waals surface area (Å²) in [5.41, 5.74) is -1.52. The molecule has 1 aromatic heterocycles. The Labute approximate surface area is 99.7 Å². The first-order valence-electron chi connectivity index (χ1n) is 4.99. The number of carboxylic acid groups (broad SMARTS) is 1. The quantitative estimate of drug-likeness (QED) is 0.806. The second-order valence-electron chi connectivity index (χ2n) is 3.79. The average molecular weight is 258 g/mol. The molecular formula is C10H14N2O4S. The molecule has 0 amide bonds. The van der Waals surface area contributed by atoms with Crippen molar-refractivity contribution in [3.63, 3.8) is 0 Å². The first-order chi connectivity index (χ1) is 7.82. The summed E-state index contributed by atoms with van der Waals surface area (Å²) in [6.07, 6.45) is 2.75.